The summed E-state index contributed by atoms with van der Waals surface area (Å²) in [5.74, 6) is -5.61. The second kappa shape index (κ2) is 7.38. The molecule has 0 spiro atoms. The van der Waals surface area contributed by atoms with Crippen molar-refractivity contribution >= 4 is 17.5 Å². The summed E-state index contributed by atoms with van der Waals surface area (Å²) in [6.45, 7) is 3.25. The molecule has 0 aliphatic heterocycles. The molecule has 0 unspecified atom stereocenters. The number of aryl methyl sites for hydroxylation is 2. The van der Waals surface area contributed by atoms with E-state index < -0.39 is 29.0 Å². The molecule has 0 heterocycles. The van der Waals surface area contributed by atoms with Crippen molar-refractivity contribution in [1.82, 2.24) is 4.90 Å². The third kappa shape index (κ3) is 4.17. The van der Waals surface area contributed by atoms with Crippen molar-refractivity contribution in [3.05, 3.63) is 64.5 Å². The minimum atomic E-state index is -1.67. The van der Waals surface area contributed by atoms with Crippen LogP contribution in [-0.2, 0) is 4.79 Å². The Bertz CT molecular complexity index is 837. The monoisotopic (exact) mass is 350 g/mol. The van der Waals surface area contributed by atoms with E-state index in [2.05, 4.69) is 5.32 Å². The molecular weight excluding hydrogens is 333 g/mol. The van der Waals surface area contributed by atoms with Gasteiger partial charge in [-0.2, -0.15) is 0 Å². The summed E-state index contributed by atoms with van der Waals surface area (Å²) in [5, 5.41) is 2.13. The van der Waals surface area contributed by atoms with Gasteiger partial charge >= 0.3 is 0 Å². The number of nitrogens with zero attached hydrogens (tertiary/aromatic N) is 1. The molecule has 2 rings (SSSR count). The predicted molar refractivity (Wildman–Crippen MR) is 87.8 cm³/mol. The summed E-state index contributed by atoms with van der Waals surface area (Å²) >= 11 is 0. The molecule has 0 bridgehead atoms. The molecule has 2 aromatic carbocycles. The number of hydrogen-bond donors (Lipinski definition) is 1. The average molecular weight is 350 g/mol. The van der Waals surface area contributed by atoms with Gasteiger partial charge in [-0.05, 0) is 37.6 Å². The Morgan fingerprint density at radius 2 is 1.72 bits per heavy atom. The van der Waals surface area contributed by atoms with E-state index in [1.54, 1.807) is 19.1 Å². The van der Waals surface area contributed by atoms with Gasteiger partial charge in [-0.25, -0.2) is 13.2 Å². The molecule has 0 radical (unpaired) electrons. The van der Waals surface area contributed by atoms with Crippen LogP contribution >= 0.6 is 0 Å². The van der Waals surface area contributed by atoms with Gasteiger partial charge in [0.2, 0.25) is 5.91 Å². The van der Waals surface area contributed by atoms with Crippen LogP contribution in [0.25, 0.3) is 0 Å². The number of carbonyl (C=O) groups excluding carboxylic acids is 2. The Hall–Kier alpha value is -2.83. The Labute approximate surface area is 143 Å². The fourth-order valence-electron chi connectivity index (χ4n) is 2.27. The van der Waals surface area contributed by atoms with Crippen LogP contribution < -0.4 is 5.32 Å². The van der Waals surface area contributed by atoms with E-state index in [9.17, 15) is 22.8 Å². The number of benzene rings is 2. The highest BCUT2D eigenvalue weighted by molar-refractivity contribution is 6.00. The maximum atomic E-state index is 13.6. The number of halogens is 3. The first-order chi connectivity index (χ1) is 11.7. The molecule has 1 N–H and O–H groups in total. The number of nitrogens with one attached hydrogen (secondary N) is 1. The van der Waals surface area contributed by atoms with Crippen LogP contribution in [0.1, 0.15) is 21.5 Å². The van der Waals surface area contributed by atoms with Crippen molar-refractivity contribution in [3.63, 3.8) is 0 Å². The molecule has 0 fully saturated rings. The highest BCUT2D eigenvalue weighted by atomic mass is 19.2. The maximum Gasteiger partial charge on any atom is 0.254 e. The summed E-state index contributed by atoms with van der Waals surface area (Å²) in [6.07, 6.45) is 0. The summed E-state index contributed by atoms with van der Waals surface area (Å²) in [5.41, 5.74) is 1.62. The van der Waals surface area contributed by atoms with Gasteiger partial charge in [-0.15, -0.1) is 0 Å². The summed E-state index contributed by atoms with van der Waals surface area (Å²) < 4.78 is 39.6. The van der Waals surface area contributed by atoms with E-state index in [-0.39, 0.29) is 12.5 Å². The SMILES string of the molecule is Cc1ccc(C)c(C(=O)N(C)CC(=O)Nc2ccc(F)c(F)c2F)c1. The molecule has 0 saturated heterocycles. The van der Waals surface area contributed by atoms with Crippen LogP contribution in [0.3, 0.4) is 0 Å². The van der Waals surface area contributed by atoms with E-state index in [1.165, 1.54) is 7.05 Å². The number of likely N-dealkylation sites (N-methyl/N-ethyl adjacent to an activating group) is 1. The first-order valence-corrected chi connectivity index (χ1v) is 7.46. The lowest BCUT2D eigenvalue weighted by Gasteiger charge is -2.18. The molecule has 7 heteroatoms. The van der Waals surface area contributed by atoms with Crippen LogP contribution in [0.5, 0.6) is 0 Å². The smallest absolute Gasteiger partial charge is 0.254 e. The minimum Gasteiger partial charge on any atom is -0.332 e. The lowest BCUT2D eigenvalue weighted by Crippen LogP contribution is -2.35. The van der Waals surface area contributed by atoms with Gasteiger partial charge < -0.3 is 10.2 Å². The van der Waals surface area contributed by atoms with Gasteiger partial charge in [-0.3, -0.25) is 9.59 Å². The molecule has 0 aliphatic rings. The molecule has 25 heavy (non-hydrogen) atoms. The zero-order valence-electron chi connectivity index (χ0n) is 14.0. The Kier molecular flexibility index (Phi) is 5.46. The van der Waals surface area contributed by atoms with Crippen molar-refractivity contribution in [2.45, 2.75) is 13.8 Å². The molecule has 2 aromatic rings. The van der Waals surface area contributed by atoms with Gasteiger partial charge in [0.05, 0.1) is 12.2 Å². The van der Waals surface area contributed by atoms with Crippen molar-refractivity contribution < 1.29 is 22.8 Å². The molecule has 2 amide bonds. The summed E-state index contributed by atoms with van der Waals surface area (Å²) in [4.78, 5) is 25.6. The summed E-state index contributed by atoms with van der Waals surface area (Å²) in [6, 6.07) is 7.00. The quantitative estimate of drug-likeness (QED) is 0.859. The van der Waals surface area contributed by atoms with Crippen LogP contribution in [0.4, 0.5) is 18.9 Å². The second-order valence-corrected chi connectivity index (χ2v) is 5.75. The molecule has 4 nitrogen and oxygen atoms in total. The minimum absolute atomic E-state index is 0.370. The Morgan fingerprint density at radius 1 is 1.04 bits per heavy atom. The predicted octanol–water partition coefficient (Wildman–Crippen LogP) is 3.43. The molecule has 0 saturated carbocycles. The summed E-state index contributed by atoms with van der Waals surface area (Å²) in [7, 11) is 1.42. The molecule has 0 aliphatic carbocycles. The largest absolute Gasteiger partial charge is 0.332 e. The third-order valence-electron chi connectivity index (χ3n) is 3.66. The van der Waals surface area contributed by atoms with Crippen molar-refractivity contribution in [1.29, 1.82) is 0 Å². The zero-order chi connectivity index (χ0) is 18.7. The van der Waals surface area contributed by atoms with Crippen LogP contribution in [0.15, 0.2) is 30.3 Å². The number of hydrogen-bond acceptors (Lipinski definition) is 2. The van der Waals surface area contributed by atoms with Crippen molar-refractivity contribution in [2.75, 3.05) is 18.9 Å². The van der Waals surface area contributed by atoms with Gasteiger partial charge in [0.1, 0.15) is 0 Å². The second-order valence-electron chi connectivity index (χ2n) is 5.75. The lowest BCUT2D eigenvalue weighted by molar-refractivity contribution is -0.116. The first kappa shape index (κ1) is 18.5. The number of anilines is 1. The van der Waals surface area contributed by atoms with Gasteiger partial charge in [-0.1, -0.05) is 17.7 Å². The molecule has 0 aromatic heterocycles. The lowest BCUT2D eigenvalue weighted by atomic mass is 10.0. The van der Waals surface area contributed by atoms with Gasteiger partial charge in [0.25, 0.3) is 5.91 Å². The van der Waals surface area contributed by atoms with Crippen molar-refractivity contribution in [2.24, 2.45) is 0 Å². The van der Waals surface area contributed by atoms with Crippen LogP contribution in [-0.4, -0.2) is 30.3 Å². The van der Waals surface area contributed by atoms with E-state index >= 15 is 0 Å². The van der Waals surface area contributed by atoms with Gasteiger partial charge in [0.15, 0.2) is 17.5 Å². The molecule has 132 valence electrons. The van der Waals surface area contributed by atoms with E-state index in [0.717, 1.165) is 22.1 Å². The number of rotatable bonds is 4. The number of carbonyl (C=O) groups is 2. The first-order valence-electron chi connectivity index (χ1n) is 7.46. The van der Waals surface area contributed by atoms with Crippen molar-refractivity contribution in [3.8, 4) is 0 Å². The molecular formula is C18H17F3N2O2. The topological polar surface area (TPSA) is 49.4 Å². The highest BCUT2D eigenvalue weighted by Gasteiger charge is 2.19. The average Bonchev–Trinajstić information content (AvgIpc) is 2.56. The van der Waals surface area contributed by atoms with E-state index in [1.807, 2.05) is 13.0 Å². The van der Waals surface area contributed by atoms with E-state index in [4.69, 9.17) is 0 Å². The van der Waals surface area contributed by atoms with Gasteiger partial charge in [0, 0.05) is 12.6 Å². The fraction of sp³-hybridized carbons (Fsp3) is 0.222. The Balaban J connectivity index is 2.09. The van der Waals surface area contributed by atoms with E-state index in [0.29, 0.717) is 11.6 Å². The standard InChI is InChI=1S/C18H17F3N2O2/c1-10-4-5-11(2)12(8-10)18(25)23(3)9-15(24)22-14-7-6-13(19)16(20)17(14)21/h4-8H,9H2,1-3H3,(H,22,24). The van der Waals surface area contributed by atoms with Crippen LogP contribution in [0, 0.1) is 31.3 Å². The maximum absolute atomic E-state index is 13.6. The Morgan fingerprint density at radius 3 is 2.40 bits per heavy atom. The van der Waals surface area contributed by atoms with Crippen LogP contribution in [0.2, 0.25) is 0 Å². The third-order valence-corrected chi connectivity index (χ3v) is 3.66. The fourth-order valence-corrected chi connectivity index (χ4v) is 2.27. The zero-order valence-corrected chi connectivity index (χ0v) is 14.0. The highest BCUT2D eigenvalue weighted by Crippen LogP contribution is 2.19. The molecule has 0 atom stereocenters. The number of amides is 2. The normalized spacial score (nSPS) is 10.5.